The quantitative estimate of drug-likeness (QED) is 0.621. The fraction of sp³-hybridized carbons (Fsp3) is 0.300. The molecular weight excluding hydrogens is 162 g/mol. The number of hydrogen-bond acceptors (Lipinski definition) is 3. The van der Waals surface area contributed by atoms with Crippen molar-refractivity contribution in [1.82, 2.24) is 10.6 Å². The lowest BCUT2D eigenvalue weighted by Gasteiger charge is -2.20. The first-order valence-electron chi connectivity index (χ1n) is 4.21. The molecule has 0 aliphatic carbocycles. The molecule has 0 bridgehead atoms. The van der Waals surface area contributed by atoms with Crippen LogP contribution in [0.15, 0.2) is 41.2 Å². The summed E-state index contributed by atoms with van der Waals surface area (Å²) < 4.78 is 0. The second kappa shape index (κ2) is 4.50. The van der Waals surface area contributed by atoms with Gasteiger partial charge in [0, 0.05) is 5.70 Å². The third-order valence-corrected chi connectivity index (χ3v) is 1.72. The van der Waals surface area contributed by atoms with E-state index in [0.29, 0.717) is 6.54 Å². The standard InChI is InChI=1S/C10H15N3/c1-8-4-5-12-10(7-11-3)13-9(2)6-8/h4-6,10,12-13H,2-3,7H2,1H3/b5-4-,8-6-. The smallest absolute Gasteiger partial charge is 0.116 e. The maximum absolute atomic E-state index is 3.88. The molecule has 0 spiro atoms. The van der Waals surface area contributed by atoms with Crippen molar-refractivity contribution in [2.75, 3.05) is 6.54 Å². The van der Waals surface area contributed by atoms with Crippen molar-refractivity contribution in [3.63, 3.8) is 0 Å². The molecule has 1 aliphatic rings. The van der Waals surface area contributed by atoms with Crippen LogP contribution in [0.4, 0.5) is 0 Å². The van der Waals surface area contributed by atoms with Gasteiger partial charge in [0.05, 0.1) is 6.54 Å². The van der Waals surface area contributed by atoms with Crippen LogP contribution >= 0.6 is 0 Å². The highest BCUT2D eigenvalue weighted by molar-refractivity contribution is 5.28. The van der Waals surface area contributed by atoms with Gasteiger partial charge in [-0.15, -0.1) is 0 Å². The van der Waals surface area contributed by atoms with E-state index in [0.717, 1.165) is 11.3 Å². The van der Waals surface area contributed by atoms with Crippen molar-refractivity contribution in [3.05, 3.63) is 36.2 Å². The number of rotatable bonds is 2. The highest BCUT2D eigenvalue weighted by Gasteiger charge is 2.05. The first-order valence-corrected chi connectivity index (χ1v) is 4.21. The van der Waals surface area contributed by atoms with Gasteiger partial charge in [0.25, 0.3) is 0 Å². The predicted molar refractivity (Wildman–Crippen MR) is 56.5 cm³/mol. The molecule has 1 rings (SSSR count). The minimum atomic E-state index is 0.0885. The van der Waals surface area contributed by atoms with Gasteiger partial charge in [0.2, 0.25) is 0 Å². The Hall–Kier alpha value is -1.51. The Morgan fingerprint density at radius 1 is 1.62 bits per heavy atom. The normalized spacial score (nSPS) is 28.5. The Morgan fingerprint density at radius 2 is 2.38 bits per heavy atom. The lowest BCUT2D eigenvalue weighted by molar-refractivity contribution is 0.533. The minimum absolute atomic E-state index is 0.0885. The van der Waals surface area contributed by atoms with E-state index in [1.165, 1.54) is 0 Å². The Balaban J connectivity index is 2.66. The molecule has 0 saturated carbocycles. The third kappa shape index (κ3) is 3.15. The molecule has 0 fully saturated rings. The van der Waals surface area contributed by atoms with E-state index in [1.807, 2.05) is 25.3 Å². The molecule has 0 aromatic heterocycles. The van der Waals surface area contributed by atoms with Gasteiger partial charge >= 0.3 is 0 Å². The SMILES string of the molecule is C=NCC1N/C=C\C(C)=C/C(=C)N1. The van der Waals surface area contributed by atoms with Crippen molar-refractivity contribution in [3.8, 4) is 0 Å². The van der Waals surface area contributed by atoms with E-state index in [2.05, 4.69) is 28.9 Å². The Bertz CT molecular complexity index is 263. The molecule has 1 atom stereocenters. The van der Waals surface area contributed by atoms with Gasteiger partial charge in [-0.2, -0.15) is 0 Å². The molecule has 3 heteroatoms. The lowest BCUT2D eigenvalue weighted by atomic mass is 10.2. The van der Waals surface area contributed by atoms with E-state index in [4.69, 9.17) is 0 Å². The average Bonchev–Trinajstić information content (AvgIpc) is 2.01. The summed E-state index contributed by atoms with van der Waals surface area (Å²) in [6, 6.07) is 0. The summed E-state index contributed by atoms with van der Waals surface area (Å²) in [5.41, 5.74) is 2.05. The Labute approximate surface area is 78.9 Å². The zero-order chi connectivity index (χ0) is 9.68. The van der Waals surface area contributed by atoms with Crippen molar-refractivity contribution in [2.45, 2.75) is 13.1 Å². The maximum Gasteiger partial charge on any atom is 0.116 e. The van der Waals surface area contributed by atoms with Crippen LogP contribution in [-0.2, 0) is 0 Å². The van der Waals surface area contributed by atoms with Gasteiger partial charge in [-0.1, -0.05) is 6.58 Å². The van der Waals surface area contributed by atoms with E-state index in [-0.39, 0.29) is 6.17 Å². The first kappa shape index (κ1) is 9.58. The van der Waals surface area contributed by atoms with Crippen LogP contribution in [0.1, 0.15) is 6.92 Å². The van der Waals surface area contributed by atoms with Gasteiger partial charge in [-0.3, -0.25) is 4.99 Å². The van der Waals surface area contributed by atoms with E-state index >= 15 is 0 Å². The molecule has 0 amide bonds. The molecule has 1 heterocycles. The molecule has 13 heavy (non-hydrogen) atoms. The van der Waals surface area contributed by atoms with Crippen molar-refractivity contribution in [1.29, 1.82) is 0 Å². The van der Waals surface area contributed by atoms with Crippen LogP contribution in [0.3, 0.4) is 0 Å². The van der Waals surface area contributed by atoms with Crippen LogP contribution in [0, 0.1) is 0 Å². The zero-order valence-corrected chi connectivity index (χ0v) is 7.88. The van der Waals surface area contributed by atoms with Gasteiger partial charge in [-0.25, -0.2) is 0 Å². The largest absolute Gasteiger partial charge is 0.370 e. The van der Waals surface area contributed by atoms with Crippen LogP contribution in [0.25, 0.3) is 0 Å². The lowest BCUT2D eigenvalue weighted by Crippen LogP contribution is -2.41. The molecule has 3 nitrogen and oxygen atoms in total. The maximum atomic E-state index is 3.88. The molecule has 0 aromatic rings. The van der Waals surface area contributed by atoms with Crippen molar-refractivity contribution in [2.24, 2.45) is 4.99 Å². The molecular formula is C10H15N3. The second-order valence-electron chi connectivity index (χ2n) is 3.02. The summed E-state index contributed by atoms with van der Waals surface area (Å²) in [7, 11) is 0. The Kier molecular flexibility index (Phi) is 3.31. The van der Waals surface area contributed by atoms with Crippen LogP contribution in [0.5, 0.6) is 0 Å². The highest BCUT2D eigenvalue weighted by atomic mass is 15.1. The van der Waals surface area contributed by atoms with Gasteiger partial charge < -0.3 is 10.6 Å². The van der Waals surface area contributed by atoms with Crippen molar-refractivity contribution >= 4 is 6.72 Å². The monoisotopic (exact) mass is 177 g/mol. The van der Waals surface area contributed by atoms with Crippen molar-refractivity contribution < 1.29 is 0 Å². The van der Waals surface area contributed by atoms with Crippen LogP contribution < -0.4 is 10.6 Å². The molecule has 0 saturated heterocycles. The second-order valence-corrected chi connectivity index (χ2v) is 3.02. The molecule has 1 aliphatic heterocycles. The van der Waals surface area contributed by atoms with Crippen LogP contribution in [0.2, 0.25) is 0 Å². The average molecular weight is 177 g/mol. The molecule has 2 N–H and O–H groups in total. The summed E-state index contributed by atoms with van der Waals surface area (Å²) in [5, 5.41) is 6.34. The van der Waals surface area contributed by atoms with E-state index in [9.17, 15) is 0 Å². The van der Waals surface area contributed by atoms with Gasteiger partial charge in [0.1, 0.15) is 6.17 Å². The van der Waals surface area contributed by atoms with Crippen LogP contribution in [-0.4, -0.2) is 19.4 Å². The minimum Gasteiger partial charge on any atom is -0.370 e. The number of nitrogens with one attached hydrogen (secondary N) is 2. The van der Waals surface area contributed by atoms with E-state index in [1.54, 1.807) is 0 Å². The topological polar surface area (TPSA) is 36.4 Å². The fourth-order valence-corrected chi connectivity index (χ4v) is 1.15. The van der Waals surface area contributed by atoms with Gasteiger partial charge in [0.15, 0.2) is 0 Å². The summed E-state index contributed by atoms with van der Waals surface area (Å²) in [5.74, 6) is 0. The molecule has 0 aromatic carbocycles. The zero-order valence-electron chi connectivity index (χ0n) is 7.88. The van der Waals surface area contributed by atoms with Gasteiger partial charge in [-0.05, 0) is 37.6 Å². The predicted octanol–water partition coefficient (Wildman–Crippen LogP) is 1.18. The fourth-order valence-electron chi connectivity index (χ4n) is 1.15. The first-order chi connectivity index (χ1) is 6.22. The number of nitrogens with zero attached hydrogens (tertiary/aromatic N) is 1. The highest BCUT2D eigenvalue weighted by Crippen LogP contribution is 2.02. The summed E-state index contributed by atoms with van der Waals surface area (Å²) in [4.78, 5) is 3.81. The summed E-state index contributed by atoms with van der Waals surface area (Å²) >= 11 is 0. The molecule has 1 unspecified atom stereocenters. The molecule has 70 valence electrons. The Morgan fingerprint density at radius 3 is 3.08 bits per heavy atom. The molecule has 0 radical (unpaired) electrons. The number of hydrogen-bond donors (Lipinski definition) is 2. The third-order valence-electron chi connectivity index (χ3n) is 1.72. The summed E-state index contributed by atoms with van der Waals surface area (Å²) in [6.45, 7) is 9.97. The number of aliphatic imine (C=N–C) groups is 1. The van der Waals surface area contributed by atoms with E-state index < -0.39 is 0 Å². The number of allylic oxidation sites excluding steroid dienone is 3. The summed E-state index contributed by atoms with van der Waals surface area (Å²) in [6.07, 6.45) is 5.99.